The van der Waals surface area contributed by atoms with E-state index < -0.39 is 0 Å². The SMILES string of the molecule is COc1cccc2c1nc(CCl)n2C1CCC(C)(C)CC1. The average molecular weight is 307 g/mol. The fourth-order valence-corrected chi connectivity index (χ4v) is 3.64. The highest BCUT2D eigenvalue weighted by Crippen LogP contribution is 2.42. The summed E-state index contributed by atoms with van der Waals surface area (Å²) in [6, 6.07) is 6.62. The third-order valence-electron chi connectivity index (χ3n) is 4.77. The molecular formula is C17H23ClN2O. The highest BCUT2D eigenvalue weighted by Gasteiger charge is 2.29. The van der Waals surface area contributed by atoms with Crippen LogP contribution in [-0.4, -0.2) is 16.7 Å². The van der Waals surface area contributed by atoms with Gasteiger partial charge in [-0.2, -0.15) is 0 Å². The Balaban J connectivity index is 2.05. The Hall–Kier alpha value is -1.22. The van der Waals surface area contributed by atoms with Gasteiger partial charge in [-0.3, -0.25) is 0 Å². The molecular weight excluding hydrogens is 284 g/mol. The van der Waals surface area contributed by atoms with E-state index in [4.69, 9.17) is 21.3 Å². The lowest BCUT2D eigenvalue weighted by molar-refractivity contribution is 0.194. The van der Waals surface area contributed by atoms with Gasteiger partial charge in [0.05, 0.1) is 18.5 Å². The fourth-order valence-electron chi connectivity index (χ4n) is 3.45. The summed E-state index contributed by atoms with van der Waals surface area (Å²) in [7, 11) is 1.69. The number of hydrogen-bond acceptors (Lipinski definition) is 2. The van der Waals surface area contributed by atoms with E-state index in [0.29, 0.717) is 17.3 Å². The molecule has 0 saturated heterocycles. The van der Waals surface area contributed by atoms with Gasteiger partial charge in [0.25, 0.3) is 0 Å². The quantitative estimate of drug-likeness (QED) is 0.752. The van der Waals surface area contributed by atoms with Crippen molar-refractivity contribution in [2.24, 2.45) is 5.41 Å². The molecule has 21 heavy (non-hydrogen) atoms. The molecule has 1 aliphatic rings. The largest absolute Gasteiger partial charge is 0.494 e. The monoisotopic (exact) mass is 306 g/mol. The summed E-state index contributed by atoms with van der Waals surface area (Å²) in [6.07, 6.45) is 4.89. The average Bonchev–Trinajstić information content (AvgIpc) is 2.86. The zero-order chi connectivity index (χ0) is 15.0. The number of alkyl halides is 1. The van der Waals surface area contributed by atoms with Crippen LogP contribution in [0.1, 0.15) is 51.4 Å². The van der Waals surface area contributed by atoms with E-state index in [1.165, 1.54) is 25.7 Å². The Morgan fingerprint density at radius 1 is 1.33 bits per heavy atom. The fraction of sp³-hybridized carbons (Fsp3) is 0.588. The van der Waals surface area contributed by atoms with Gasteiger partial charge in [0.15, 0.2) is 0 Å². The summed E-state index contributed by atoms with van der Waals surface area (Å²) in [5, 5.41) is 0. The number of methoxy groups -OCH3 is 1. The minimum atomic E-state index is 0.442. The van der Waals surface area contributed by atoms with Crippen LogP contribution in [0, 0.1) is 5.41 Å². The first-order valence-electron chi connectivity index (χ1n) is 7.65. The molecule has 0 aliphatic heterocycles. The van der Waals surface area contributed by atoms with E-state index in [1.54, 1.807) is 7.11 Å². The molecule has 0 bridgehead atoms. The van der Waals surface area contributed by atoms with Crippen LogP contribution in [0.5, 0.6) is 5.75 Å². The summed E-state index contributed by atoms with van der Waals surface area (Å²) < 4.78 is 7.79. The van der Waals surface area contributed by atoms with E-state index in [9.17, 15) is 0 Å². The van der Waals surface area contributed by atoms with Crippen molar-refractivity contribution in [3.8, 4) is 5.75 Å². The Morgan fingerprint density at radius 2 is 2.05 bits per heavy atom. The van der Waals surface area contributed by atoms with Gasteiger partial charge in [-0.15, -0.1) is 11.6 Å². The summed E-state index contributed by atoms with van der Waals surface area (Å²) in [6.45, 7) is 4.72. The topological polar surface area (TPSA) is 27.1 Å². The van der Waals surface area contributed by atoms with Crippen molar-refractivity contribution in [1.29, 1.82) is 0 Å². The predicted molar refractivity (Wildman–Crippen MR) is 87.1 cm³/mol. The lowest BCUT2D eigenvalue weighted by Crippen LogP contribution is -2.24. The van der Waals surface area contributed by atoms with E-state index in [0.717, 1.165) is 22.6 Å². The molecule has 3 rings (SSSR count). The standard InChI is InChI=1S/C17H23ClN2O/c1-17(2)9-7-12(8-10-17)20-13-5-4-6-14(21-3)16(13)19-15(20)11-18/h4-6,12H,7-11H2,1-3H3. The molecule has 0 amide bonds. The number of para-hydroxylation sites is 1. The number of fused-ring (bicyclic) bond motifs is 1. The van der Waals surface area contributed by atoms with Crippen molar-refractivity contribution in [3.63, 3.8) is 0 Å². The second kappa shape index (κ2) is 5.53. The first-order chi connectivity index (χ1) is 10.1. The Kier molecular flexibility index (Phi) is 3.87. The first-order valence-corrected chi connectivity index (χ1v) is 8.19. The van der Waals surface area contributed by atoms with Crippen LogP contribution >= 0.6 is 11.6 Å². The molecule has 0 N–H and O–H groups in total. The molecule has 2 aromatic rings. The van der Waals surface area contributed by atoms with Crippen LogP contribution in [-0.2, 0) is 5.88 Å². The van der Waals surface area contributed by atoms with Crippen molar-refractivity contribution < 1.29 is 4.74 Å². The van der Waals surface area contributed by atoms with E-state index in [1.807, 2.05) is 12.1 Å². The second-order valence-electron chi connectivity index (χ2n) is 6.76. The number of ether oxygens (including phenoxy) is 1. The van der Waals surface area contributed by atoms with Crippen molar-refractivity contribution in [2.75, 3.05) is 7.11 Å². The molecule has 0 atom stereocenters. The van der Waals surface area contributed by atoms with Crippen molar-refractivity contribution in [2.45, 2.75) is 51.5 Å². The number of benzene rings is 1. The predicted octanol–water partition coefficient (Wildman–Crippen LogP) is 4.93. The van der Waals surface area contributed by atoms with Gasteiger partial charge in [0.2, 0.25) is 0 Å². The van der Waals surface area contributed by atoms with Gasteiger partial charge in [-0.25, -0.2) is 4.98 Å². The molecule has 3 nitrogen and oxygen atoms in total. The van der Waals surface area contributed by atoms with Gasteiger partial charge in [0.1, 0.15) is 17.1 Å². The van der Waals surface area contributed by atoms with E-state index >= 15 is 0 Å². The van der Waals surface area contributed by atoms with Gasteiger partial charge in [-0.05, 0) is 43.2 Å². The van der Waals surface area contributed by atoms with Gasteiger partial charge >= 0.3 is 0 Å². The zero-order valence-corrected chi connectivity index (χ0v) is 13.8. The summed E-state index contributed by atoms with van der Waals surface area (Å²) in [4.78, 5) is 4.72. The number of rotatable bonds is 3. The minimum Gasteiger partial charge on any atom is -0.494 e. The minimum absolute atomic E-state index is 0.442. The second-order valence-corrected chi connectivity index (χ2v) is 7.02. The number of imidazole rings is 1. The molecule has 4 heteroatoms. The third kappa shape index (κ3) is 2.64. The normalized spacial score (nSPS) is 19.0. The maximum absolute atomic E-state index is 6.15. The summed E-state index contributed by atoms with van der Waals surface area (Å²) >= 11 is 6.15. The van der Waals surface area contributed by atoms with Gasteiger partial charge < -0.3 is 9.30 Å². The van der Waals surface area contributed by atoms with Crippen molar-refractivity contribution >= 4 is 22.6 Å². The molecule has 1 heterocycles. The maximum Gasteiger partial charge on any atom is 0.146 e. The van der Waals surface area contributed by atoms with Crippen molar-refractivity contribution in [1.82, 2.24) is 9.55 Å². The van der Waals surface area contributed by atoms with Crippen LogP contribution in [0.3, 0.4) is 0 Å². The Morgan fingerprint density at radius 3 is 2.67 bits per heavy atom. The summed E-state index contributed by atoms with van der Waals surface area (Å²) in [5.41, 5.74) is 2.54. The molecule has 1 fully saturated rings. The highest BCUT2D eigenvalue weighted by atomic mass is 35.5. The molecule has 0 spiro atoms. The first kappa shape index (κ1) is 14.7. The van der Waals surface area contributed by atoms with Gasteiger partial charge in [0, 0.05) is 6.04 Å². The smallest absolute Gasteiger partial charge is 0.146 e. The maximum atomic E-state index is 6.15. The molecule has 1 aromatic heterocycles. The summed E-state index contributed by atoms with van der Waals surface area (Å²) in [5.74, 6) is 2.23. The lowest BCUT2D eigenvalue weighted by Gasteiger charge is -2.35. The number of nitrogens with zero attached hydrogens (tertiary/aromatic N) is 2. The van der Waals surface area contributed by atoms with E-state index in [2.05, 4.69) is 24.5 Å². The Bertz CT molecular complexity index is 638. The third-order valence-corrected chi connectivity index (χ3v) is 5.01. The van der Waals surface area contributed by atoms with E-state index in [-0.39, 0.29) is 0 Å². The molecule has 1 aromatic carbocycles. The zero-order valence-electron chi connectivity index (χ0n) is 13.0. The van der Waals surface area contributed by atoms with Crippen LogP contribution < -0.4 is 4.74 Å². The molecule has 0 radical (unpaired) electrons. The molecule has 114 valence electrons. The molecule has 0 unspecified atom stereocenters. The Labute approximate surface area is 131 Å². The van der Waals surface area contributed by atoms with Gasteiger partial charge in [-0.1, -0.05) is 19.9 Å². The van der Waals surface area contributed by atoms with Crippen LogP contribution in [0.25, 0.3) is 11.0 Å². The molecule has 1 aliphatic carbocycles. The number of aromatic nitrogens is 2. The van der Waals surface area contributed by atoms with Crippen LogP contribution in [0.4, 0.5) is 0 Å². The number of halogens is 1. The lowest BCUT2D eigenvalue weighted by atomic mass is 9.75. The highest BCUT2D eigenvalue weighted by molar-refractivity contribution is 6.16. The number of hydrogen-bond donors (Lipinski definition) is 0. The molecule has 1 saturated carbocycles. The van der Waals surface area contributed by atoms with Crippen molar-refractivity contribution in [3.05, 3.63) is 24.0 Å². The van der Waals surface area contributed by atoms with Crippen LogP contribution in [0.2, 0.25) is 0 Å². The van der Waals surface area contributed by atoms with Crippen LogP contribution in [0.15, 0.2) is 18.2 Å².